The average molecular weight is 254 g/mol. The Morgan fingerprint density at radius 1 is 1.16 bits per heavy atom. The number of Topliss-reactive ketones (excluding diaryl/α,β-unsaturated/α-hetero) is 1. The molecule has 0 aliphatic rings. The molecule has 0 fully saturated rings. The Morgan fingerprint density at radius 3 is 2.42 bits per heavy atom. The summed E-state index contributed by atoms with van der Waals surface area (Å²) in [4.78, 5) is 22.0. The Labute approximate surface area is 111 Å². The quantitative estimate of drug-likeness (QED) is 0.671. The number of hydrogen-bond acceptors (Lipinski definition) is 2. The van der Waals surface area contributed by atoms with Crippen LogP contribution in [0, 0.1) is 0 Å². The summed E-state index contributed by atoms with van der Waals surface area (Å²) in [5.74, 6) is -0.451. The van der Waals surface area contributed by atoms with Gasteiger partial charge in [-0.05, 0) is 49.4 Å². The minimum Gasteiger partial charge on any atom is -0.366 e. The third kappa shape index (κ3) is 2.98. The maximum atomic E-state index is 11.2. The summed E-state index contributed by atoms with van der Waals surface area (Å²) in [7, 11) is 0. The third-order valence-corrected chi connectivity index (χ3v) is 2.75. The lowest BCUT2D eigenvalue weighted by atomic mass is 10.1. The summed E-state index contributed by atoms with van der Waals surface area (Å²) in [6, 6.07) is 11.0. The van der Waals surface area contributed by atoms with Crippen molar-refractivity contribution in [3.63, 3.8) is 0 Å². The minimum absolute atomic E-state index is 0.0351. The van der Waals surface area contributed by atoms with Crippen molar-refractivity contribution in [3.8, 4) is 5.69 Å². The Bertz CT molecular complexity index is 636. The van der Waals surface area contributed by atoms with Crippen LogP contribution in [0.2, 0.25) is 0 Å². The van der Waals surface area contributed by atoms with Gasteiger partial charge in [0.05, 0.1) is 0 Å². The number of carbonyl (C=O) groups excluding carboxylic acids is 2. The molecule has 0 unspecified atom stereocenters. The lowest BCUT2D eigenvalue weighted by Gasteiger charge is -2.07. The maximum Gasteiger partial charge on any atom is 0.241 e. The van der Waals surface area contributed by atoms with E-state index in [0.29, 0.717) is 5.56 Å². The van der Waals surface area contributed by atoms with E-state index >= 15 is 0 Å². The van der Waals surface area contributed by atoms with E-state index in [0.717, 1.165) is 11.4 Å². The summed E-state index contributed by atoms with van der Waals surface area (Å²) in [5.41, 5.74) is 7.51. The van der Waals surface area contributed by atoms with E-state index in [1.807, 2.05) is 35.0 Å². The highest BCUT2D eigenvalue weighted by Gasteiger charge is 2.03. The molecule has 4 heteroatoms. The van der Waals surface area contributed by atoms with Crippen LogP contribution in [-0.4, -0.2) is 16.3 Å². The van der Waals surface area contributed by atoms with Crippen LogP contribution in [0.4, 0.5) is 0 Å². The van der Waals surface area contributed by atoms with Gasteiger partial charge < -0.3 is 10.3 Å². The average Bonchev–Trinajstić information content (AvgIpc) is 2.84. The molecule has 1 aromatic carbocycles. The topological polar surface area (TPSA) is 65.1 Å². The first-order chi connectivity index (χ1) is 9.08. The van der Waals surface area contributed by atoms with Crippen LogP contribution in [0.15, 0.2) is 48.7 Å². The molecular formula is C15H14N2O2. The fourth-order valence-electron chi connectivity index (χ4n) is 1.79. The molecule has 0 radical (unpaired) electrons. The van der Waals surface area contributed by atoms with Crippen LogP contribution in [-0.2, 0) is 4.79 Å². The van der Waals surface area contributed by atoms with E-state index in [9.17, 15) is 9.59 Å². The first kappa shape index (κ1) is 12.8. The predicted octanol–water partition coefficient (Wildman–Crippen LogP) is 2.18. The summed E-state index contributed by atoms with van der Waals surface area (Å²) in [6.07, 6.45) is 4.85. The smallest absolute Gasteiger partial charge is 0.241 e. The molecule has 1 aromatic heterocycles. The number of hydrogen-bond donors (Lipinski definition) is 1. The molecule has 2 aromatic rings. The van der Waals surface area contributed by atoms with Crippen molar-refractivity contribution in [1.29, 1.82) is 0 Å². The molecule has 0 saturated heterocycles. The van der Waals surface area contributed by atoms with Gasteiger partial charge >= 0.3 is 0 Å². The van der Waals surface area contributed by atoms with E-state index in [4.69, 9.17) is 5.73 Å². The van der Waals surface area contributed by atoms with Gasteiger partial charge in [-0.1, -0.05) is 0 Å². The van der Waals surface area contributed by atoms with Gasteiger partial charge in [0, 0.05) is 29.2 Å². The second-order valence-corrected chi connectivity index (χ2v) is 4.14. The lowest BCUT2D eigenvalue weighted by molar-refractivity contribution is -0.113. The van der Waals surface area contributed by atoms with E-state index in [1.165, 1.54) is 13.0 Å². The van der Waals surface area contributed by atoms with Crippen molar-refractivity contribution >= 4 is 17.8 Å². The molecule has 0 bridgehead atoms. The third-order valence-electron chi connectivity index (χ3n) is 2.75. The van der Waals surface area contributed by atoms with Crippen molar-refractivity contribution in [2.45, 2.75) is 6.92 Å². The molecular weight excluding hydrogens is 240 g/mol. The van der Waals surface area contributed by atoms with Crippen molar-refractivity contribution in [3.05, 3.63) is 59.9 Å². The van der Waals surface area contributed by atoms with Gasteiger partial charge in [0.15, 0.2) is 5.78 Å². The number of rotatable bonds is 4. The summed E-state index contributed by atoms with van der Waals surface area (Å²) < 4.78 is 1.91. The molecule has 0 atom stereocenters. The molecule has 2 rings (SSSR count). The van der Waals surface area contributed by atoms with E-state index in [1.54, 1.807) is 18.2 Å². The number of nitrogens with two attached hydrogens (primary N) is 1. The van der Waals surface area contributed by atoms with E-state index < -0.39 is 5.91 Å². The molecule has 2 N–H and O–H groups in total. The van der Waals surface area contributed by atoms with Crippen LogP contribution in [0.3, 0.4) is 0 Å². The van der Waals surface area contributed by atoms with Crippen molar-refractivity contribution in [2.24, 2.45) is 5.73 Å². The van der Waals surface area contributed by atoms with Crippen LogP contribution in [0.1, 0.15) is 23.0 Å². The van der Waals surface area contributed by atoms with Gasteiger partial charge in [-0.3, -0.25) is 9.59 Å². The molecule has 0 aliphatic carbocycles. The molecule has 1 amide bonds. The minimum atomic E-state index is -0.486. The fourth-order valence-corrected chi connectivity index (χ4v) is 1.79. The summed E-state index contributed by atoms with van der Waals surface area (Å²) in [6.45, 7) is 1.53. The molecule has 1 heterocycles. The van der Waals surface area contributed by atoms with Crippen LogP contribution < -0.4 is 5.73 Å². The maximum absolute atomic E-state index is 11.2. The van der Waals surface area contributed by atoms with Gasteiger partial charge in [0.1, 0.15) is 0 Å². The fraction of sp³-hybridized carbons (Fsp3) is 0.0667. The van der Waals surface area contributed by atoms with Crippen LogP contribution in [0.25, 0.3) is 11.8 Å². The molecule has 96 valence electrons. The molecule has 0 aliphatic heterocycles. The first-order valence-corrected chi connectivity index (χ1v) is 5.84. The number of nitrogens with zero attached hydrogens (tertiary/aromatic N) is 1. The van der Waals surface area contributed by atoms with Gasteiger partial charge in [0.25, 0.3) is 0 Å². The first-order valence-electron chi connectivity index (χ1n) is 5.84. The normalized spacial score (nSPS) is 10.8. The monoisotopic (exact) mass is 254 g/mol. The molecule has 0 saturated carbocycles. The van der Waals surface area contributed by atoms with Crippen LogP contribution in [0.5, 0.6) is 0 Å². The van der Waals surface area contributed by atoms with E-state index in [-0.39, 0.29) is 5.78 Å². The highest BCUT2D eigenvalue weighted by molar-refractivity contribution is 5.94. The van der Waals surface area contributed by atoms with Crippen molar-refractivity contribution in [1.82, 2.24) is 4.57 Å². The van der Waals surface area contributed by atoms with Gasteiger partial charge in [-0.2, -0.15) is 0 Å². The van der Waals surface area contributed by atoms with Crippen LogP contribution >= 0.6 is 0 Å². The van der Waals surface area contributed by atoms with Crippen molar-refractivity contribution < 1.29 is 9.59 Å². The Kier molecular flexibility index (Phi) is 3.61. The number of primary amides is 1. The number of amides is 1. The number of ketones is 1. The number of benzene rings is 1. The largest absolute Gasteiger partial charge is 0.366 e. The van der Waals surface area contributed by atoms with E-state index in [2.05, 4.69) is 0 Å². The van der Waals surface area contributed by atoms with Gasteiger partial charge in [0.2, 0.25) is 5.91 Å². The highest BCUT2D eigenvalue weighted by atomic mass is 16.1. The summed E-state index contributed by atoms with van der Waals surface area (Å²) in [5, 5.41) is 0. The predicted molar refractivity (Wildman–Crippen MR) is 74.0 cm³/mol. The zero-order valence-electron chi connectivity index (χ0n) is 10.5. The standard InChI is InChI=1S/C15H14N2O2/c1-11(18)12-4-6-14(7-5-12)17-10-2-3-13(17)8-9-15(16)19/h2-10H,1H3,(H2,16,19)/b9-8+. The zero-order chi connectivity index (χ0) is 13.8. The SMILES string of the molecule is CC(=O)c1ccc(-n2cccc2/C=C/C(N)=O)cc1. The number of aromatic nitrogens is 1. The van der Waals surface area contributed by atoms with Gasteiger partial charge in [-0.15, -0.1) is 0 Å². The highest BCUT2D eigenvalue weighted by Crippen LogP contribution is 2.15. The molecule has 19 heavy (non-hydrogen) atoms. The second kappa shape index (κ2) is 5.35. The Morgan fingerprint density at radius 2 is 1.84 bits per heavy atom. The Balaban J connectivity index is 2.34. The number of carbonyl (C=O) groups is 2. The van der Waals surface area contributed by atoms with Gasteiger partial charge in [-0.25, -0.2) is 0 Å². The summed E-state index contributed by atoms with van der Waals surface area (Å²) >= 11 is 0. The molecule has 4 nitrogen and oxygen atoms in total. The zero-order valence-corrected chi connectivity index (χ0v) is 10.5. The van der Waals surface area contributed by atoms with Crippen molar-refractivity contribution in [2.75, 3.05) is 0 Å². The molecule has 0 spiro atoms. The lowest BCUT2D eigenvalue weighted by Crippen LogP contribution is -2.05. The Hall–Kier alpha value is -2.62. The second-order valence-electron chi connectivity index (χ2n) is 4.14.